The molecule has 4 rings (SSSR count). The third-order valence-corrected chi connectivity index (χ3v) is 7.77. The number of carbonyl (C=O) groups is 4. The van der Waals surface area contributed by atoms with Crippen molar-refractivity contribution in [1.29, 1.82) is 5.41 Å². The van der Waals surface area contributed by atoms with Gasteiger partial charge in [-0.1, -0.05) is 12.1 Å². The molecule has 0 aliphatic carbocycles. The molecule has 3 heterocycles. The van der Waals surface area contributed by atoms with Gasteiger partial charge in [-0.3, -0.25) is 24.6 Å². The van der Waals surface area contributed by atoms with E-state index in [1.165, 1.54) is 18.2 Å². The number of nitrogens with two attached hydrogens (primary N) is 1. The third-order valence-electron chi connectivity index (χ3n) is 7.60. The Balaban J connectivity index is 1.34. The molecule has 0 atom stereocenters. The lowest BCUT2D eigenvalue weighted by molar-refractivity contribution is -0.111. The van der Waals surface area contributed by atoms with Crippen LogP contribution in [-0.4, -0.2) is 68.7 Å². The molecule has 0 saturated carbocycles. The molecular formula is C34H41ClN10O4. The van der Waals surface area contributed by atoms with Crippen molar-refractivity contribution in [3.63, 3.8) is 0 Å². The Morgan fingerprint density at radius 2 is 1.31 bits per heavy atom. The first-order chi connectivity index (χ1) is 23.4. The quantitative estimate of drug-likeness (QED) is 0.0475. The molecule has 1 aromatic carbocycles. The van der Waals surface area contributed by atoms with E-state index in [0.29, 0.717) is 34.3 Å². The van der Waals surface area contributed by atoms with E-state index in [0.717, 1.165) is 24.3 Å². The van der Waals surface area contributed by atoms with Crippen LogP contribution in [-0.2, 0) is 25.9 Å². The van der Waals surface area contributed by atoms with E-state index < -0.39 is 11.8 Å². The van der Waals surface area contributed by atoms with E-state index in [4.69, 9.17) is 22.7 Å². The van der Waals surface area contributed by atoms with Gasteiger partial charge >= 0.3 is 0 Å². The lowest BCUT2D eigenvalue weighted by Crippen LogP contribution is -2.28. The van der Waals surface area contributed by atoms with Gasteiger partial charge in [-0.15, -0.1) is 11.6 Å². The summed E-state index contributed by atoms with van der Waals surface area (Å²) in [7, 11) is 5.03. The fourth-order valence-electron chi connectivity index (χ4n) is 5.09. The summed E-state index contributed by atoms with van der Waals surface area (Å²) < 4.78 is 4.73. The maximum Gasteiger partial charge on any atom is 0.272 e. The van der Waals surface area contributed by atoms with Gasteiger partial charge in [0.1, 0.15) is 17.1 Å². The molecule has 0 unspecified atom stereocenters. The third kappa shape index (κ3) is 9.64. The topological polar surface area (TPSA) is 184 Å². The number of halogens is 1. The smallest absolute Gasteiger partial charge is 0.272 e. The van der Waals surface area contributed by atoms with Crippen LogP contribution in [0, 0.1) is 5.41 Å². The minimum atomic E-state index is -0.445. The van der Waals surface area contributed by atoms with Crippen molar-refractivity contribution in [2.75, 3.05) is 46.4 Å². The molecule has 4 amide bonds. The summed E-state index contributed by atoms with van der Waals surface area (Å²) in [5.74, 6) is -1.08. The van der Waals surface area contributed by atoms with E-state index in [1.807, 2.05) is 24.3 Å². The number of anilines is 4. The predicted molar refractivity (Wildman–Crippen MR) is 194 cm³/mol. The van der Waals surface area contributed by atoms with Crippen LogP contribution in [0.5, 0.6) is 0 Å². The van der Waals surface area contributed by atoms with E-state index in [2.05, 4.69) is 33.1 Å². The standard InChI is InChI=1S/C34H41ClN10O4/c1-5-45(15-13-35)26-9-6-22(7-10-26)8-11-31(46)39-23-16-28(43(3)19-23)33(48)41-25-18-29(44(4)21-25)34(49)40-24-17-27(42(2)20-24)32(47)38-14-12-30(36)37/h6-11,16-21H,5,12-15H2,1-4H3,(H3,36,37)(H,38,47)(H,39,46)(H,40,49)(H,41,48)/b11-8+. The number of benzene rings is 1. The highest BCUT2D eigenvalue weighted by molar-refractivity contribution is 6.18. The minimum Gasteiger partial charge on any atom is -0.388 e. The Morgan fingerprint density at radius 1 is 0.816 bits per heavy atom. The first-order valence-electron chi connectivity index (χ1n) is 15.5. The number of amides is 4. The predicted octanol–water partition coefficient (Wildman–Crippen LogP) is 3.98. The van der Waals surface area contributed by atoms with E-state index >= 15 is 0 Å². The monoisotopic (exact) mass is 688 g/mol. The Kier molecular flexibility index (Phi) is 12.1. The average molecular weight is 689 g/mol. The summed E-state index contributed by atoms with van der Waals surface area (Å²) in [5, 5.41) is 18.3. The molecule has 0 saturated heterocycles. The second kappa shape index (κ2) is 16.4. The molecule has 4 aromatic rings. The van der Waals surface area contributed by atoms with Gasteiger partial charge in [-0.2, -0.15) is 0 Å². The number of alkyl halides is 1. The summed E-state index contributed by atoms with van der Waals surface area (Å²) in [4.78, 5) is 53.5. The zero-order valence-corrected chi connectivity index (χ0v) is 28.6. The van der Waals surface area contributed by atoms with Crippen LogP contribution in [0.1, 0.15) is 50.4 Å². The number of amidine groups is 1. The number of hydrogen-bond acceptors (Lipinski definition) is 6. The first-order valence-corrected chi connectivity index (χ1v) is 16.0. The Labute approximate surface area is 289 Å². The number of hydrogen-bond donors (Lipinski definition) is 6. The van der Waals surface area contributed by atoms with Gasteiger partial charge in [0, 0.05) is 83.4 Å². The first kappa shape index (κ1) is 36.1. The van der Waals surface area contributed by atoms with Gasteiger partial charge in [-0.25, -0.2) is 0 Å². The summed E-state index contributed by atoms with van der Waals surface area (Å²) in [6.07, 6.45) is 8.21. The van der Waals surface area contributed by atoms with Gasteiger partial charge in [0.2, 0.25) is 5.91 Å². The summed E-state index contributed by atoms with van der Waals surface area (Å²) >= 11 is 5.89. The van der Waals surface area contributed by atoms with Crippen LogP contribution in [0.25, 0.3) is 6.08 Å². The van der Waals surface area contributed by atoms with E-state index in [1.54, 1.807) is 65.6 Å². The van der Waals surface area contributed by atoms with Crippen LogP contribution in [0.3, 0.4) is 0 Å². The Morgan fingerprint density at radius 3 is 1.78 bits per heavy atom. The average Bonchev–Trinajstić information content (AvgIpc) is 3.73. The molecule has 0 fully saturated rings. The summed E-state index contributed by atoms with van der Waals surface area (Å²) in [6, 6.07) is 12.5. The molecule has 49 heavy (non-hydrogen) atoms. The van der Waals surface area contributed by atoms with Crippen molar-refractivity contribution >= 4 is 69.9 Å². The minimum absolute atomic E-state index is 0.0275. The number of carbonyl (C=O) groups excluding carboxylic acids is 4. The lowest BCUT2D eigenvalue weighted by Gasteiger charge is -2.21. The highest BCUT2D eigenvalue weighted by atomic mass is 35.5. The fourth-order valence-corrected chi connectivity index (χ4v) is 5.30. The fraction of sp³-hybridized carbons (Fsp3) is 0.265. The molecule has 3 aromatic heterocycles. The van der Waals surface area contributed by atoms with Crippen LogP contribution < -0.4 is 31.9 Å². The molecule has 0 aliphatic heterocycles. The SMILES string of the molecule is CCN(CCCl)c1ccc(/C=C/C(=O)Nc2cc(C(=O)Nc3cc(C(=O)Nc4cc(C(=O)NCCC(=N)N)n(C)c4)n(C)c3)n(C)c2)cc1. The number of nitrogens with zero attached hydrogens (tertiary/aromatic N) is 4. The Bertz CT molecular complexity index is 1870. The number of nitrogens with one attached hydrogen (secondary N) is 5. The number of aryl methyl sites for hydroxylation is 3. The van der Waals surface area contributed by atoms with Crippen LogP contribution in [0.4, 0.5) is 22.7 Å². The zero-order chi connectivity index (χ0) is 35.7. The highest BCUT2D eigenvalue weighted by Gasteiger charge is 2.19. The van der Waals surface area contributed by atoms with E-state index in [9.17, 15) is 19.2 Å². The van der Waals surface area contributed by atoms with Crippen molar-refractivity contribution in [2.45, 2.75) is 13.3 Å². The summed E-state index contributed by atoms with van der Waals surface area (Å²) in [6.45, 7) is 3.88. The number of aromatic nitrogens is 3. The molecule has 7 N–H and O–H groups in total. The zero-order valence-electron chi connectivity index (χ0n) is 27.8. The van der Waals surface area contributed by atoms with Crippen molar-refractivity contribution in [1.82, 2.24) is 19.0 Å². The van der Waals surface area contributed by atoms with Gasteiger partial charge < -0.3 is 45.6 Å². The molecule has 14 nitrogen and oxygen atoms in total. The largest absolute Gasteiger partial charge is 0.388 e. The van der Waals surface area contributed by atoms with E-state index in [-0.39, 0.29) is 36.3 Å². The maximum atomic E-state index is 13.1. The van der Waals surface area contributed by atoms with Crippen molar-refractivity contribution < 1.29 is 19.2 Å². The second-order valence-corrected chi connectivity index (χ2v) is 11.7. The maximum absolute atomic E-state index is 13.1. The molecule has 0 radical (unpaired) electrons. The number of rotatable bonds is 15. The second-order valence-electron chi connectivity index (χ2n) is 11.3. The lowest BCUT2D eigenvalue weighted by atomic mass is 10.2. The summed E-state index contributed by atoms with van der Waals surface area (Å²) in [5.41, 5.74) is 9.38. The normalized spacial score (nSPS) is 11.0. The molecule has 15 heteroatoms. The molecule has 258 valence electrons. The molecular weight excluding hydrogens is 648 g/mol. The van der Waals surface area contributed by atoms with Gasteiger partial charge in [0.25, 0.3) is 17.7 Å². The van der Waals surface area contributed by atoms with Crippen LogP contribution in [0.15, 0.2) is 67.1 Å². The Hall–Kier alpha value is -5.76. The van der Waals surface area contributed by atoms with Gasteiger partial charge in [-0.05, 0) is 48.9 Å². The van der Waals surface area contributed by atoms with Crippen molar-refractivity contribution in [3.8, 4) is 0 Å². The van der Waals surface area contributed by atoms with Crippen molar-refractivity contribution in [3.05, 3.63) is 89.8 Å². The molecule has 0 bridgehead atoms. The molecule has 0 spiro atoms. The highest BCUT2D eigenvalue weighted by Crippen LogP contribution is 2.20. The van der Waals surface area contributed by atoms with Crippen LogP contribution in [0.2, 0.25) is 0 Å². The molecule has 0 aliphatic rings. The van der Waals surface area contributed by atoms with Gasteiger partial charge in [0.15, 0.2) is 0 Å². The van der Waals surface area contributed by atoms with Gasteiger partial charge in [0.05, 0.1) is 22.9 Å². The van der Waals surface area contributed by atoms with Crippen LogP contribution >= 0.6 is 11.6 Å². The van der Waals surface area contributed by atoms with Crippen molar-refractivity contribution in [2.24, 2.45) is 26.9 Å².